The molecule has 2 aromatic carbocycles. The summed E-state index contributed by atoms with van der Waals surface area (Å²) in [6.07, 6.45) is 5.73. The first kappa shape index (κ1) is 29.4. The molecule has 2 fully saturated rings. The quantitative estimate of drug-likeness (QED) is 0.272. The van der Waals surface area contributed by atoms with Gasteiger partial charge in [-0.2, -0.15) is 0 Å². The van der Waals surface area contributed by atoms with Crippen molar-refractivity contribution in [3.8, 4) is 11.1 Å². The number of aliphatic hydroxyl groups is 1. The van der Waals surface area contributed by atoms with Crippen molar-refractivity contribution in [1.82, 2.24) is 21.3 Å². The molecule has 1 heterocycles. The summed E-state index contributed by atoms with van der Waals surface area (Å²) in [5, 5.41) is 22.5. The first-order valence-corrected chi connectivity index (χ1v) is 14.8. The van der Waals surface area contributed by atoms with Gasteiger partial charge in [0.05, 0.1) is 6.04 Å². The Kier molecular flexibility index (Phi) is 8.72. The zero-order valence-corrected chi connectivity index (χ0v) is 23.8. The first-order valence-electron chi connectivity index (χ1n) is 14.8. The topological polar surface area (TPSA) is 154 Å². The van der Waals surface area contributed by atoms with Gasteiger partial charge in [0.25, 0.3) is 11.8 Å². The monoisotopic (exact) mass is 574 g/mol. The Morgan fingerprint density at radius 3 is 2.07 bits per heavy atom. The van der Waals surface area contributed by atoms with Crippen molar-refractivity contribution in [3.63, 3.8) is 0 Å². The molecule has 0 spiro atoms. The minimum Gasteiger partial charge on any atom is -0.372 e. The van der Waals surface area contributed by atoms with Gasteiger partial charge in [-0.1, -0.05) is 80.6 Å². The van der Waals surface area contributed by atoms with Gasteiger partial charge >= 0.3 is 0 Å². The van der Waals surface area contributed by atoms with Crippen LogP contribution in [0, 0.1) is 11.8 Å². The summed E-state index contributed by atoms with van der Waals surface area (Å²) in [5.41, 5.74) is 0.327. The highest BCUT2D eigenvalue weighted by atomic mass is 16.3. The molecule has 10 heteroatoms. The molecule has 1 saturated heterocycles. The lowest BCUT2D eigenvalue weighted by Gasteiger charge is -2.31. The number of nitrogens with one attached hydrogen (secondary N) is 4. The normalized spacial score (nSPS) is 20.4. The van der Waals surface area contributed by atoms with Crippen molar-refractivity contribution >= 4 is 29.4 Å². The summed E-state index contributed by atoms with van der Waals surface area (Å²) in [7, 11) is 1.32. The fourth-order valence-electron chi connectivity index (χ4n) is 6.65. The third-order valence-corrected chi connectivity index (χ3v) is 8.93. The summed E-state index contributed by atoms with van der Waals surface area (Å²) in [6, 6.07) is 12.0. The van der Waals surface area contributed by atoms with Crippen molar-refractivity contribution in [2.45, 2.75) is 69.1 Å². The van der Waals surface area contributed by atoms with Gasteiger partial charge in [-0.15, -0.1) is 0 Å². The van der Waals surface area contributed by atoms with Crippen molar-refractivity contribution in [2.24, 2.45) is 11.8 Å². The van der Waals surface area contributed by atoms with E-state index in [-0.39, 0.29) is 18.2 Å². The molecule has 0 bridgehead atoms. The van der Waals surface area contributed by atoms with E-state index < -0.39 is 47.1 Å². The molecule has 3 atom stereocenters. The largest absolute Gasteiger partial charge is 0.372 e. The minimum absolute atomic E-state index is 0.0292. The van der Waals surface area contributed by atoms with Crippen molar-refractivity contribution in [3.05, 3.63) is 59.7 Å². The van der Waals surface area contributed by atoms with E-state index in [1.165, 1.54) is 7.05 Å². The Balaban J connectivity index is 1.42. The standard InChI is InChI=1S/C32H38N4O6/c1-33-30(40)27(37)25(18-20-15-16-34-28(20)38)35-29(39)26(17-19-9-3-2-4-10-19)36-31(41)32(42)23-13-7-5-11-21(23)22-12-6-8-14-24(22)32/h5-8,11-14,19-20,25-26,42H,2-4,9-10,15-18H2,1H3,(H,33,40)(H,34,38)(H,35,39)(H,36,41). The number of Topliss-reactive ketones (excluding diaryl/α,β-unsaturated/α-hetero) is 1. The molecule has 1 aliphatic heterocycles. The van der Waals surface area contributed by atoms with Gasteiger partial charge in [0.1, 0.15) is 6.04 Å². The van der Waals surface area contributed by atoms with Crippen molar-refractivity contribution < 1.29 is 29.1 Å². The van der Waals surface area contributed by atoms with Gasteiger partial charge in [0, 0.05) is 30.6 Å². The number of benzene rings is 2. The van der Waals surface area contributed by atoms with Gasteiger partial charge in [-0.25, -0.2) is 0 Å². The third kappa shape index (κ3) is 5.68. The number of carbonyl (C=O) groups is 5. The van der Waals surface area contributed by atoms with Crippen LogP contribution in [-0.4, -0.2) is 60.2 Å². The Morgan fingerprint density at radius 1 is 0.881 bits per heavy atom. The average molecular weight is 575 g/mol. The zero-order valence-electron chi connectivity index (χ0n) is 23.8. The number of amides is 4. The second-order valence-electron chi connectivity index (χ2n) is 11.6. The number of rotatable bonds is 10. The van der Waals surface area contributed by atoms with Gasteiger partial charge in [-0.3, -0.25) is 24.0 Å². The predicted molar refractivity (Wildman–Crippen MR) is 155 cm³/mol. The Morgan fingerprint density at radius 2 is 1.50 bits per heavy atom. The van der Waals surface area contributed by atoms with Crippen LogP contribution in [-0.2, 0) is 29.6 Å². The fraction of sp³-hybridized carbons (Fsp3) is 0.469. The van der Waals surface area contributed by atoms with Gasteiger partial charge in [0.2, 0.25) is 17.6 Å². The van der Waals surface area contributed by atoms with Crippen LogP contribution in [0.5, 0.6) is 0 Å². The lowest BCUT2D eigenvalue weighted by molar-refractivity contribution is -0.142. The average Bonchev–Trinajstić information content (AvgIpc) is 3.54. The first-order chi connectivity index (χ1) is 20.2. The molecule has 3 unspecified atom stereocenters. The molecule has 1 saturated carbocycles. The molecular weight excluding hydrogens is 536 g/mol. The lowest BCUT2D eigenvalue weighted by atomic mass is 9.84. The van der Waals surface area contributed by atoms with Gasteiger partial charge in [0.15, 0.2) is 5.60 Å². The van der Waals surface area contributed by atoms with Crippen LogP contribution < -0.4 is 21.3 Å². The van der Waals surface area contributed by atoms with Crippen LogP contribution >= 0.6 is 0 Å². The SMILES string of the molecule is CNC(=O)C(=O)C(CC1CCNC1=O)NC(=O)C(CC1CCCCC1)NC(=O)C1(O)c2ccccc2-c2ccccc21. The molecule has 5 N–H and O–H groups in total. The van der Waals surface area contributed by atoms with Crippen LogP contribution in [0.4, 0.5) is 0 Å². The summed E-state index contributed by atoms with van der Waals surface area (Å²) >= 11 is 0. The zero-order chi connectivity index (χ0) is 29.9. The molecule has 3 aliphatic rings. The summed E-state index contributed by atoms with van der Waals surface area (Å²) in [5.74, 6) is -3.68. The summed E-state index contributed by atoms with van der Waals surface area (Å²) < 4.78 is 0. The molecule has 0 radical (unpaired) electrons. The maximum Gasteiger partial charge on any atom is 0.289 e. The van der Waals surface area contributed by atoms with Crippen molar-refractivity contribution in [2.75, 3.05) is 13.6 Å². The number of ketones is 1. The van der Waals surface area contributed by atoms with E-state index in [9.17, 15) is 29.1 Å². The maximum absolute atomic E-state index is 14.0. The molecule has 42 heavy (non-hydrogen) atoms. The van der Waals surface area contributed by atoms with E-state index in [0.29, 0.717) is 30.5 Å². The lowest BCUT2D eigenvalue weighted by Crippen LogP contribution is -2.57. The minimum atomic E-state index is -2.02. The predicted octanol–water partition coefficient (Wildman–Crippen LogP) is 1.68. The molecule has 10 nitrogen and oxygen atoms in total. The second kappa shape index (κ2) is 12.4. The number of fused-ring (bicyclic) bond motifs is 3. The second-order valence-corrected chi connectivity index (χ2v) is 11.6. The number of carbonyl (C=O) groups excluding carboxylic acids is 5. The maximum atomic E-state index is 14.0. The highest BCUT2D eigenvalue weighted by Crippen LogP contribution is 2.47. The molecule has 222 valence electrons. The van der Waals surface area contributed by atoms with E-state index in [1.54, 1.807) is 24.3 Å². The van der Waals surface area contributed by atoms with E-state index in [4.69, 9.17) is 0 Å². The van der Waals surface area contributed by atoms with Crippen LogP contribution in [0.2, 0.25) is 0 Å². The summed E-state index contributed by atoms with van der Waals surface area (Å²) in [4.78, 5) is 65.4. The fourth-order valence-corrected chi connectivity index (χ4v) is 6.65. The summed E-state index contributed by atoms with van der Waals surface area (Å²) in [6.45, 7) is 0.459. The smallest absolute Gasteiger partial charge is 0.289 e. The van der Waals surface area contributed by atoms with E-state index in [0.717, 1.165) is 43.2 Å². The Hall–Kier alpha value is -4.05. The van der Waals surface area contributed by atoms with Crippen LogP contribution in [0.1, 0.15) is 62.5 Å². The molecule has 2 aliphatic carbocycles. The number of hydrogen-bond acceptors (Lipinski definition) is 6. The molecule has 0 aromatic heterocycles. The van der Waals surface area contributed by atoms with Crippen molar-refractivity contribution in [1.29, 1.82) is 0 Å². The molecule has 5 rings (SSSR count). The van der Waals surface area contributed by atoms with Gasteiger partial charge < -0.3 is 26.4 Å². The van der Waals surface area contributed by atoms with E-state index in [2.05, 4.69) is 21.3 Å². The molecule has 2 aromatic rings. The molecular formula is C32H38N4O6. The Bertz CT molecular complexity index is 1340. The van der Waals surface area contributed by atoms with Crippen LogP contribution in [0.25, 0.3) is 11.1 Å². The van der Waals surface area contributed by atoms with Crippen LogP contribution in [0.3, 0.4) is 0 Å². The van der Waals surface area contributed by atoms with E-state index in [1.807, 2.05) is 24.3 Å². The van der Waals surface area contributed by atoms with Gasteiger partial charge in [-0.05, 0) is 36.3 Å². The number of likely N-dealkylation sites (N-methyl/N-ethyl adjacent to an activating group) is 1. The van der Waals surface area contributed by atoms with E-state index >= 15 is 0 Å². The number of hydrogen-bond donors (Lipinski definition) is 5. The Labute approximate surface area is 245 Å². The third-order valence-electron chi connectivity index (χ3n) is 8.93. The van der Waals surface area contributed by atoms with Crippen LogP contribution in [0.15, 0.2) is 48.5 Å². The highest BCUT2D eigenvalue weighted by molar-refractivity contribution is 6.38. The highest BCUT2D eigenvalue weighted by Gasteiger charge is 2.49. The molecule has 4 amide bonds.